The van der Waals surface area contributed by atoms with Crippen LogP contribution < -0.4 is 0 Å². The SMILES string of the molecule is CC(C)N(C)CCCCn1c(-c2ccccn2)n[nH]c1=S. The molecule has 2 rings (SSSR count). The van der Waals surface area contributed by atoms with Gasteiger partial charge in [-0.2, -0.15) is 5.10 Å². The summed E-state index contributed by atoms with van der Waals surface area (Å²) in [6, 6.07) is 6.40. The van der Waals surface area contributed by atoms with E-state index in [1.807, 2.05) is 22.8 Å². The van der Waals surface area contributed by atoms with Gasteiger partial charge in [0.1, 0.15) is 5.69 Å². The van der Waals surface area contributed by atoms with Crippen LogP contribution in [-0.4, -0.2) is 44.3 Å². The zero-order valence-corrected chi connectivity index (χ0v) is 13.7. The minimum atomic E-state index is 0.588. The van der Waals surface area contributed by atoms with Crippen molar-refractivity contribution in [2.24, 2.45) is 0 Å². The second-order valence-electron chi connectivity index (χ2n) is 5.50. The Bertz CT molecular complexity index is 602. The van der Waals surface area contributed by atoms with Gasteiger partial charge in [-0.05, 0) is 64.6 Å². The van der Waals surface area contributed by atoms with Crippen molar-refractivity contribution in [2.75, 3.05) is 13.6 Å². The van der Waals surface area contributed by atoms with Crippen LogP contribution >= 0.6 is 12.2 Å². The predicted molar refractivity (Wildman–Crippen MR) is 87.6 cm³/mol. The molecular formula is C15H23N5S. The number of H-pyrrole nitrogens is 1. The number of hydrogen-bond donors (Lipinski definition) is 1. The zero-order valence-electron chi connectivity index (χ0n) is 12.9. The maximum Gasteiger partial charge on any atom is 0.195 e. The highest BCUT2D eigenvalue weighted by molar-refractivity contribution is 7.71. The molecule has 114 valence electrons. The Labute approximate surface area is 131 Å². The summed E-state index contributed by atoms with van der Waals surface area (Å²) in [5.41, 5.74) is 0.851. The smallest absolute Gasteiger partial charge is 0.195 e. The molecule has 0 unspecified atom stereocenters. The number of nitrogens with zero attached hydrogens (tertiary/aromatic N) is 4. The highest BCUT2D eigenvalue weighted by atomic mass is 32.1. The second kappa shape index (κ2) is 7.47. The lowest BCUT2D eigenvalue weighted by molar-refractivity contribution is 0.266. The Balaban J connectivity index is 1.98. The first-order valence-electron chi connectivity index (χ1n) is 7.36. The van der Waals surface area contributed by atoms with Gasteiger partial charge in [0.2, 0.25) is 0 Å². The molecule has 6 heteroatoms. The summed E-state index contributed by atoms with van der Waals surface area (Å²) < 4.78 is 2.69. The average Bonchev–Trinajstić information content (AvgIpc) is 2.85. The van der Waals surface area contributed by atoms with E-state index in [1.165, 1.54) is 0 Å². The van der Waals surface area contributed by atoms with E-state index in [-0.39, 0.29) is 0 Å². The number of aromatic amines is 1. The quantitative estimate of drug-likeness (QED) is 0.631. The predicted octanol–water partition coefficient (Wildman–Crippen LogP) is 3.12. The fraction of sp³-hybridized carbons (Fsp3) is 0.533. The molecular weight excluding hydrogens is 282 g/mol. The Hall–Kier alpha value is -1.53. The average molecular weight is 305 g/mol. The molecule has 0 aliphatic rings. The number of hydrogen-bond acceptors (Lipinski definition) is 4. The van der Waals surface area contributed by atoms with Crippen LogP contribution in [0.3, 0.4) is 0 Å². The molecule has 0 aliphatic heterocycles. The Morgan fingerprint density at radius 2 is 2.14 bits per heavy atom. The van der Waals surface area contributed by atoms with Crippen LogP contribution in [0, 0.1) is 4.77 Å². The van der Waals surface area contributed by atoms with Crippen LogP contribution in [0.2, 0.25) is 0 Å². The van der Waals surface area contributed by atoms with Crippen LogP contribution in [0.25, 0.3) is 11.5 Å². The van der Waals surface area contributed by atoms with Gasteiger partial charge in [-0.15, -0.1) is 0 Å². The fourth-order valence-electron chi connectivity index (χ4n) is 2.11. The van der Waals surface area contributed by atoms with Crippen molar-refractivity contribution in [2.45, 2.75) is 39.3 Å². The van der Waals surface area contributed by atoms with Crippen molar-refractivity contribution in [1.29, 1.82) is 0 Å². The van der Waals surface area contributed by atoms with Gasteiger partial charge in [-0.3, -0.25) is 14.6 Å². The van der Waals surface area contributed by atoms with Crippen LogP contribution in [0.4, 0.5) is 0 Å². The van der Waals surface area contributed by atoms with Crippen LogP contribution in [-0.2, 0) is 6.54 Å². The molecule has 1 N–H and O–H groups in total. The van der Waals surface area contributed by atoms with Gasteiger partial charge < -0.3 is 4.90 Å². The molecule has 0 bridgehead atoms. The summed E-state index contributed by atoms with van der Waals surface area (Å²) in [5.74, 6) is 0.817. The van der Waals surface area contributed by atoms with Gasteiger partial charge in [0.25, 0.3) is 0 Å². The van der Waals surface area contributed by atoms with Crippen molar-refractivity contribution in [3.63, 3.8) is 0 Å². The molecule has 2 heterocycles. The third-order valence-corrected chi connectivity index (χ3v) is 3.99. The van der Waals surface area contributed by atoms with E-state index >= 15 is 0 Å². The van der Waals surface area contributed by atoms with E-state index in [0.717, 1.165) is 37.4 Å². The van der Waals surface area contributed by atoms with Gasteiger partial charge in [-0.1, -0.05) is 6.07 Å². The van der Waals surface area contributed by atoms with Crippen molar-refractivity contribution in [3.05, 3.63) is 29.2 Å². The minimum Gasteiger partial charge on any atom is -0.304 e. The summed E-state index contributed by atoms with van der Waals surface area (Å²) >= 11 is 5.32. The van der Waals surface area contributed by atoms with Crippen molar-refractivity contribution in [3.8, 4) is 11.5 Å². The molecule has 2 aromatic heterocycles. The summed E-state index contributed by atoms with van der Waals surface area (Å²) in [6.45, 7) is 6.39. The molecule has 0 aromatic carbocycles. The first kappa shape index (κ1) is 15.9. The van der Waals surface area contributed by atoms with Gasteiger partial charge in [-0.25, -0.2) is 0 Å². The summed E-state index contributed by atoms with van der Waals surface area (Å²) in [5, 5.41) is 7.17. The number of pyridine rings is 1. The molecule has 0 radical (unpaired) electrons. The van der Waals surface area contributed by atoms with Gasteiger partial charge >= 0.3 is 0 Å². The van der Waals surface area contributed by atoms with E-state index in [2.05, 4.69) is 41.0 Å². The fourth-order valence-corrected chi connectivity index (χ4v) is 2.33. The molecule has 0 amide bonds. The highest BCUT2D eigenvalue weighted by Crippen LogP contribution is 2.14. The molecule has 0 saturated heterocycles. The Morgan fingerprint density at radius 1 is 1.33 bits per heavy atom. The van der Waals surface area contributed by atoms with E-state index in [0.29, 0.717) is 10.8 Å². The summed E-state index contributed by atoms with van der Waals surface area (Å²) in [4.78, 5) is 6.70. The van der Waals surface area contributed by atoms with Gasteiger partial charge in [0.15, 0.2) is 10.6 Å². The van der Waals surface area contributed by atoms with E-state index in [4.69, 9.17) is 12.2 Å². The molecule has 0 saturated carbocycles. The lowest BCUT2D eigenvalue weighted by atomic mass is 10.2. The van der Waals surface area contributed by atoms with Crippen LogP contribution in [0.5, 0.6) is 0 Å². The molecule has 21 heavy (non-hydrogen) atoms. The van der Waals surface area contributed by atoms with Crippen LogP contribution in [0.15, 0.2) is 24.4 Å². The van der Waals surface area contributed by atoms with Crippen molar-refractivity contribution >= 4 is 12.2 Å². The van der Waals surface area contributed by atoms with Crippen LogP contribution in [0.1, 0.15) is 26.7 Å². The lowest BCUT2D eigenvalue weighted by Crippen LogP contribution is -2.27. The molecule has 0 fully saturated rings. The maximum atomic E-state index is 5.32. The zero-order chi connectivity index (χ0) is 15.2. The second-order valence-corrected chi connectivity index (χ2v) is 5.89. The van der Waals surface area contributed by atoms with Crippen molar-refractivity contribution in [1.82, 2.24) is 24.6 Å². The Morgan fingerprint density at radius 3 is 2.81 bits per heavy atom. The minimum absolute atomic E-state index is 0.588. The molecule has 0 atom stereocenters. The van der Waals surface area contributed by atoms with E-state index in [1.54, 1.807) is 6.20 Å². The number of aromatic nitrogens is 4. The number of nitrogens with one attached hydrogen (secondary N) is 1. The standard InChI is InChI=1S/C15H23N5S/c1-12(2)19(3)10-6-7-11-20-14(17-18-15(20)21)13-8-4-5-9-16-13/h4-5,8-9,12H,6-7,10-11H2,1-3H3,(H,18,21). The third kappa shape index (κ3) is 4.22. The Kier molecular flexibility index (Phi) is 5.64. The largest absolute Gasteiger partial charge is 0.304 e. The van der Waals surface area contributed by atoms with E-state index < -0.39 is 0 Å². The highest BCUT2D eigenvalue weighted by Gasteiger charge is 2.09. The van der Waals surface area contributed by atoms with Gasteiger partial charge in [0, 0.05) is 18.8 Å². The molecule has 2 aromatic rings. The normalized spacial score (nSPS) is 11.5. The molecule has 0 spiro atoms. The van der Waals surface area contributed by atoms with Gasteiger partial charge in [0.05, 0.1) is 0 Å². The number of unbranched alkanes of at least 4 members (excludes halogenated alkanes) is 1. The maximum absolute atomic E-state index is 5.32. The third-order valence-electron chi connectivity index (χ3n) is 3.68. The molecule has 0 aliphatic carbocycles. The lowest BCUT2D eigenvalue weighted by Gasteiger charge is -2.20. The van der Waals surface area contributed by atoms with Crippen molar-refractivity contribution < 1.29 is 0 Å². The number of rotatable bonds is 7. The monoisotopic (exact) mass is 305 g/mol. The summed E-state index contributed by atoms with van der Waals surface area (Å²) in [6.07, 6.45) is 3.99. The summed E-state index contributed by atoms with van der Waals surface area (Å²) in [7, 11) is 2.16. The first-order chi connectivity index (χ1) is 10.1. The first-order valence-corrected chi connectivity index (χ1v) is 7.77. The molecule has 5 nitrogen and oxygen atoms in total. The van der Waals surface area contributed by atoms with E-state index in [9.17, 15) is 0 Å². The topological polar surface area (TPSA) is 49.7 Å².